The third-order valence-corrected chi connectivity index (χ3v) is 5.67. The molecular weight excluding hydrogens is 370 g/mol. The number of pyridine rings is 1. The van der Waals surface area contributed by atoms with Crippen molar-refractivity contribution in [2.75, 3.05) is 18.4 Å². The van der Waals surface area contributed by atoms with Gasteiger partial charge in [-0.25, -0.2) is 0 Å². The molecule has 0 spiro atoms. The molecule has 4 aromatic rings. The first kappa shape index (κ1) is 18.6. The number of aromatic amines is 1. The molecule has 150 valence electrons. The molecule has 30 heavy (non-hydrogen) atoms. The van der Waals surface area contributed by atoms with Crippen LogP contribution in [0.15, 0.2) is 73.6 Å². The lowest BCUT2D eigenvalue weighted by Crippen LogP contribution is -2.18. The second kappa shape index (κ2) is 8.13. The van der Waals surface area contributed by atoms with E-state index in [1.807, 2.05) is 12.1 Å². The number of H-pyrrole nitrogens is 1. The van der Waals surface area contributed by atoms with Crippen molar-refractivity contribution >= 4 is 22.3 Å². The molecule has 5 nitrogen and oxygen atoms in total. The predicted octanol–water partition coefficient (Wildman–Crippen LogP) is 5.30. The summed E-state index contributed by atoms with van der Waals surface area (Å²) in [4.78, 5) is 6.68. The summed E-state index contributed by atoms with van der Waals surface area (Å²) in [6.45, 7) is 7.63. The number of aromatic nitrogens is 3. The van der Waals surface area contributed by atoms with Crippen molar-refractivity contribution in [2.24, 2.45) is 0 Å². The highest BCUT2D eigenvalue weighted by atomic mass is 15.1. The molecule has 5 heteroatoms. The van der Waals surface area contributed by atoms with Crippen molar-refractivity contribution in [1.82, 2.24) is 20.1 Å². The molecule has 2 N–H and O–H groups in total. The van der Waals surface area contributed by atoms with Crippen LogP contribution in [0.2, 0.25) is 0 Å². The summed E-state index contributed by atoms with van der Waals surface area (Å²) in [5, 5.41) is 12.0. The van der Waals surface area contributed by atoms with Gasteiger partial charge in [0.15, 0.2) is 0 Å². The smallest absolute Gasteiger partial charge is 0.116 e. The molecule has 0 aliphatic carbocycles. The van der Waals surface area contributed by atoms with E-state index in [-0.39, 0.29) is 0 Å². The minimum atomic E-state index is 0.745. The number of hydrogen-bond donors (Lipinski definition) is 2. The number of nitrogens with zero attached hydrogens (tertiary/aromatic N) is 3. The number of likely N-dealkylation sites (tertiary alicyclic amines) is 1. The fourth-order valence-electron chi connectivity index (χ4n) is 4.14. The predicted molar refractivity (Wildman–Crippen MR) is 123 cm³/mol. The van der Waals surface area contributed by atoms with Crippen LogP contribution < -0.4 is 5.32 Å². The first-order chi connectivity index (χ1) is 14.8. The number of fused-ring (bicyclic) bond motifs is 1. The Kier molecular flexibility index (Phi) is 5.03. The van der Waals surface area contributed by atoms with Gasteiger partial charge >= 0.3 is 0 Å². The van der Waals surface area contributed by atoms with Crippen LogP contribution in [0.1, 0.15) is 24.1 Å². The van der Waals surface area contributed by atoms with Gasteiger partial charge in [0.2, 0.25) is 0 Å². The van der Waals surface area contributed by atoms with E-state index < -0.39 is 0 Å². The maximum Gasteiger partial charge on any atom is 0.116 e. The summed E-state index contributed by atoms with van der Waals surface area (Å²) < 4.78 is 0. The van der Waals surface area contributed by atoms with Gasteiger partial charge in [-0.05, 0) is 73.0 Å². The number of rotatable bonds is 6. The van der Waals surface area contributed by atoms with E-state index in [4.69, 9.17) is 0 Å². The second-order valence-electron chi connectivity index (χ2n) is 7.86. The van der Waals surface area contributed by atoms with Crippen LogP contribution in [0, 0.1) is 0 Å². The Balaban J connectivity index is 1.43. The Morgan fingerprint density at radius 1 is 1.03 bits per heavy atom. The number of nitrogens with one attached hydrogen (secondary N) is 2. The highest BCUT2D eigenvalue weighted by Crippen LogP contribution is 2.29. The van der Waals surface area contributed by atoms with E-state index >= 15 is 0 Å². The lowest BCUT2D eigenvalue weighted by atomic mass is 10.0. The van der Waals surface area contributed by atoms with Gasteiger partial charge in [-0.1, -0.05) is 30.8 Å². The van der Waals surface area contributed by atoms with Gasteiger partial charge in [0, 0.05) is 18.1 Å². The Morgan fingerprint density at radius 3 is 2.73 bits per heavy atom. The topological polar surface area (TPSA) is 56.8 Å². The highest BCUT2D eigenvalue weighted by molar-refractivity contribution is 5.95. The van der Waals surface area contributed by atoms with Crippen molar-refractivity contribution < 1.29 is 0 Å². The zero-order chi connectivity index (χ0) is 20.3. The Morgan fingerprint density at radius 2 is 1.90 bits per heavy atom. The van der Waals surface area contributed by atoms with Crippen LogP contribution in [-0.4, -0.2) is 33.2 Å². The zero-order valence-corrected chi connectivity index (χ0v) is 16.9. The summed E-state index contributed by atoms with van der Waals surface area (Å²) in [5.74, 6) is 0. The monoisotopic (exact) mass is 395 g/mol. The first-order valence-corrected chi connectivity index (χ1v) is 10.4. The average molecular weight is 396 g/mol. The van der Waals surface area contributed by atoms with Crippen molar-refractivity contribution in [2.45, 2.75) is 19.4 Å². The fourth-order valence-corrected chi connectivity index (χ4v) is 4.14. The lowest BCUT2D eigenvalue weighted by Gasteiger charge is -2.15. The fraction of sp³-hybridized carbons (Fsp3) is 0.200. The second-order valence-corrected chi connectivity index (χ2v) is 7.86. The Hall–Kier alpha value is -3.44. The third kappa shape index (κ3) is 3.84. The molecule has 1 aliphatic heterocycles. The molecule has 1 fully saturated rings. The quantitative estimate of drug-likeness (QED) is 0.465. The average Bonchev–Trinajstić information content (AvgIpc) is 3.44. The van der Waals surface area contributed by atoms with Crippen LogP contribution in [-0.2, 0) is 6.54 Å². The molecule has 0 bridgehead atoms. The van der Waals surface area contributed by atoms with Crippen molar-refractivity contribution in [3.8, 4) is 11.1 Å². The Labute approximate surface area is 176 Å². The molecule has 3 heterocycles. The van der Waals surface area contributed by atoms with Crippen molar-refractivity contribution in [1.29, 1.82) is 0 Å². The summed E-state index contributed by atoms with van der Waals surface area (Å²) in [6.07, 6.45) is 6.16. The Bertz CT molecular complexity index is 1170. The molecule has 0 radical (unpaired) electrons. The van der Waals surface area contributed by atoms with Crippen LogP contribution in [0.5, 0.6) is 0 Å². The zero-order valence-electron chi connectivity index (χ0n) is 16.9. The number of anilines is 1. The maximum atomic E-state index is 4.50. The molecule has 2 aromatic carbocycles. The molecule has 1 saturated heterocycles. The summed E-state index contributed by atoms with van der Waals surface area (Å²) in [5.41, 5.74) is 7.23. The molecule has 1 aliphatic rings. The van der Waals surface area contributed by atoms with E-state index in [0.29, 0.717) is 0 Å². The standard InChI is InChI=1S/C25H25N5/c1-18(27-22-8-5-11-26-16-22)25-23-15-21(9-10-24(23)28-29-25)20-7-4-6-19(14-20)17-30-12-2-3-13-30/h4-11,14-16,27H,1-3,12-13,17H2,(H,28,29). The van der Waals surface area contributed by atoms with E-state index in [1.54, 1.807) is 12.4 Å². The van der Waals surface area contributed by atoms with Gasteiger partial charge < -0.3 is 5.32 Å². The third-order valence-electron chi connectivity index (χ3n) is 5.67. The molecule has 2 aromatic heterocycles. The first-order valence-electron chi connectivity index (χ1n) is 10.4. The molecule has 0 saturated carbocycles. The molecule has 0 atom stereocenters. The minimum Gasteiger partial charge on any atom is -0.353 e. The maximum absolute atomic E-state index is 4.50. The van der Waals surface area contributed by atoms with Gasteiger partial charge in [-0.2, -0.15) is 5.10 Å². The normalized spacial score (nSPS) is 14.3. The van der Waals surface area contributed by atoms with Gasteiger partial charge in [-0.15, -0.1) is 0 Å². The van der Waals surface area contributed by atoms with Crippen molar-refractivity contribution in [3.05, 3.63) is 84.8 Å². The van der Waals surface area contributed by atoms with Crippen LogP contribution >= 0.6 is 0 Å². The molecular formula is C25H25N5. The van der Waals surface area contributed by atoms with E-state index in [1.165, 1.54) is 42.6 Å². The van der Waals surface area contributed by atoms with Gasteiger partial charge in [0.05, 0.1) is 23.1 Å². The summed E-state index contributed by atoms with van der Waals surface area (Å²) in [7, 11) is 0. The highest BCUT2D eigenvalue weighted by Gasteiger charge is 2.13. The van der Waals surface area contributed by atoms with Crippen molar-refractivity contribution in [3.63, 3.8) is 0 Å². The van der Waals surface area contributed by atoms with E-state index in [0.717, 1.165) is 34.5 Å². The van der Waals surface area contributed by atoms with Crippen LogP contribution in [0.3, 0.4) is 0 Å². The summed E-state index contributed by atoms with van der Waals surface area (Å²) in [6, 6.07) is 19.2. The summed E-state index contributed by atoms with van der Waals surface area (Å²) >= 11 is 0. The molecule has 0 unspecified atom stereocenters. The largest absolute Gasteiger partial charge is 0.353 e. The van der Waals surface area contributed by atoms with E-state index in [9.17, 15) is 0 Å². The minimum absolute atomic E-state index is 0.745. The molecule has 5 rings (SSSR count). The van der Waals surface area contributed by atoms with Gasteiger partial charge in [0.25, 0.3) is 0 Å². The van der Waals surface area contributed by atoms with E-state index in [2.05, 4.69) is 74.4 Å². The van der Waals surface area contributed by atoms with Gasteiger partial charge in [0.1, 0.15) is 5.69 Å². The molecule has 0 amide bonds. The number of hydrogen-bond acceptors (Lipinski definition) is 4. The van der Waals surface area contributed by atoms with Crippen LogP contribution in [0.4, 0.5) is 5.69 Å². The lowest BCUT2D eigenvalue weighted by molar-refractivity contribution is 0.331. The van der Waals surface area contributed by atoms with Gasteiger partial charge in [-0.3, -0.25) is 15.0 Å². The number of benzene rings is 2. The SMILES string of the molecule is C=C(Nc1cccnc1)c1n[nH]c2ccc(-c3cccc(CN4CCCC4)c3)cc12. The van der Waals surface area contributed by atoms with Crippen LogP contribution in [0.25, 0.3) is 27.7 Å².